The first-order valence-corrected chi connectivity index (χ1v) is 7.94. The summed E-state index contributed by atoms with van der Waals surface area (Å²) >= 11 is 0. The fourth-order valence-corrected chi connectivity index (χ4v) is 2.75. The monoisotopic (exact) mass is 337 g/mol. The van der Waals surface area contributed by atoms with Crippen molar-refractivity contribution in [2.24, 2.45) is 5.73 Å². The SMILES string of the molecule is NC(=O)[C@H](NC(=O)c1cc2ccccc2[nH]1)[C@@H](O)Cc1ccccc1. The van der Waals surface area contributed by atoms with E-state index >= 15 is 0 Å². The second-order valence-corrected chi connectivity index (χ2v) is 5.88. The van der Waals surface area contributed by atoms with Crippen LogP contribution in [0.15, 0.2) is 60.7 Å². The van der Waals surface area contributed by atoms with E-state index in [9.17, 15) is 14.7 Å². The molecule has 0 bridgehead atoms. The molecular formula is C19H19N3O3. The Balaban J connectivity index is 1.74. The minimum atomic E-state index is -1.18. The second kappa shape index (κ2) is 7.19. The highest BCUT2D eigenvalue weighted by atomic mass is 16.3. The number of primary amides is 1. The quantitative estimate of drug-likeness (QED) is 0.545. The van der Waals surface area contributed by atoms with Gasteiger partial charge in [-0.05, 0) is 17.7 Å². The molecule has 0 aliphatic heterocycles. The van der Waals surface area contributed by atoms with Gasteiger partial charge in [0.15, 0.2) is 0 Å². The van der Waals surface area contributed by atoms with Crippen LogP contribution in [0.3, 0.4) is 0 Å². The number of nitrogens with two attached hydrogens (primary N) is 1. The number of aliphatic hydroxyl groups is 1. The minimum absolute atomic E-state index is 0.210. The van der Waals surface area contributed by atoms with Gasteiger partial charge in [-0.25, -0.2) is 0 Å². The maximum Gasteiger partial charge on any atom is 0.268 e. The molecule has 0 unspecified atom stereocenters. The van der Waals surface area contributed by atoms with Gasteiger partial charge in [0.05, 0.1) is 6.10 Å². The number of amides is 2. The Morgan fingerprint density at radius 2 is 1.76 bits per heavy atom. The number of H-pyrrole nitrogens is 1. The van der Waals surface area contributed by atoms with E-state index in [1.54, 1.807) is 6.07 Å². The van der Waals surface area contributed by atoms with Crippen LogP contribution < -0.4 is 11.1 Å². The third-order valence-electron chi connectivity index (χ3n) is 4.04. The number of carbonyl (C=O) groups excluding carboxylic acids is 2. The molecule has 0 fully saturated rings. The van der Waals surface area contributed by atoms with Gasteiger partial charge in [-0.3, -0.25) is 9.59 Å². The smallest absolute Gasteiger partial charge is 0.268 e. The number of rotatable bonds is 6. The average Bonchev–Trinajstić information content (AvgIpc) is 3.04. The topological polar surface area (TPSA) is 108 Å². The lowest BCUT2D eigenvalue weighted by Gasteiger charge is -2.21. The zero-order valence-corrected chi connectivity index (χ0v) is 13.5. The number of hydrogen-bond donors (Lipinski definition) is 4. The fraction of sp³-hybridized carbons (Fsp3) is 0.158. The number of aromatic nitrogens is 1. The summed E-state index contributed by atoms with van der Waals surface area (Å²) in [4.78, 5) is 27.1. The molecule has 1 aromatic heterocycles. The molecule has 0 aliphatic carbocycles. The summed E-state index contributed by atoms with van der Waals surface area (Å²) in [6.07, 6.45) is -0.908. The van der Waals surface area contributed by atoms with Crippen molar-refractivity contribution in [2.75, 3.05) is 0 Å². The highest BCUT2D eigenvalue weighted by Crippen LogP contribution is 2.15. The third kappa shape index (κ3) is 3.87. The van der Waals surface area contributed by atoms with Gasteiger partial charge in [0.1, 0.15) is 11.7 Å². The first kappa shape index (κ1) is 16.7. The summed E-state index contributed by atoms with van der Waals surface area (Å²) in [5, 5.41) is 13.7. The normalized spacial score (nSPS) is 13.3. The van der Waals surface area contributed by atoms with Crippen molar-refractivity contribution < 1.29 is 14.7 Å². The summed E-state index contributed by atoms with van der Waals surface area (Å²) < 4.78 is 0. The lowest BCUT2D eigenvalue weighted by molar-refractivity contribution is -0.122. The molecule has 2 amide bonds. The first-order valence-electron chi connectivity index (χ1n) is 7.94. The standard InChI is InChI=1S/C19H19N3O3/c20-18(24)17(16(23)10-12-6-2-1-3-7-12)22-19(25)15-11-13-8-4-5-9-14(13)21-15/h1-9,11,16-17,21,23H,10H2,(H2,20,24)(H,22,25)/t16-,17+/m0/s1. The van der Waals surface area contributed by atoms with Crippen molar-refractivity contribution in [3.63, 3.8) is 0 Å². The molecule has 0 saturated carbocycles. The Bertz CT molecular complexity index is 856. The molecule has 6 heteroatoms. The Hall–Kier alpha value is -3.12. The predicted octanol–water partition coefficient (Wildman–Crippen LogP) is 1.36. The van der Waals surface area contributed by atoms with E-state index in [-0.39, 0.29) is 6.42 Å². The summed E-state index contributed by atoms with van der Waals surface area (Å²) in [7, 11) is 0. The van der Waals surface area contributed by atoms with Gasteiger partial charge in [0, 0.05) is 17.3 Å². The summed E-state index contributed by atoms with van der Waals surface area (Å²) in [5.41, 5.74) is 7.34. The highest BCUT2D eigenvalue weighted by Gasteiger charge is 2.27. The van der Waals surface area contributed by atoms with Crippen LogP contribution in [-0.2, 0) is 11.2 Å². The molecule has 6 nitrogen and oxygen atoms in total. The van der Waals surface area contributed by atoms with E-state index in [1.807, 2.05) is 54.6 Å². The van der Waals surface area contributed by atoms with E-state index < -0.39 is 24.0 Å². The number of carbonyl (C=O) groups is 2. The molecule has 0 radical (unpaired) electrons. The van der Waals surface area contributed by atoms with Gasteiger partial charge in [-0.2, -0.15) is 0 Å². The number of hydrogen-bond acceptors (Lipinski definition) is 3. The lowest BCUT2D eigenvalue weighted by atomic mass is 10.0. The Morgan fingerprint density at radius 3 is 2.44 bits per heavy atom. The van der Waals surface area contributed by atoms with Gasteiger partial charge in [-0.1, -0.05) is 48.5 Å². The molecule has 0 spiro atoms. The Labute approximate surface area is 144 Å². The van der Waals surface area contributed by atoms with Gasteiger partial charge in [0.25, 0.3) is 5.91 Å². The lowest BCUT2D eigenvalue weighted by Crippen LogP contribution is -2.52. The molecule has 0 aliphatic rings. The van der Waals surface area contributed by atoms with Crippen LogP contribution in [0.1, 0.15) is 16.1 Å². The first-order chi connectivity index (χ1) is 12.0. The van der Waals surface area contributed by atoms with Crippen molar-refractivity contribution >= 4 is 22.7 Å². The maximum atomic E-state index is 12.4. The van der Waals surface area contributed by atoms with Crippen molar-refractivity contribution in [3.05, 3.63) is 71.9 Å². The molecular weight excluding hydrogens is 318 g/mol. The highest BCUT2D eigenvalue weighted by molar-refractivity contribution is 6.00. The van der Waals surface area contributed by atoms with Gasteiger partial charge < -0.3 is 21.1 Å². The molecule has 2 atom stereocenters. The van der Waals surface area contributed by atoms with Gasteiger partial charge >= 0.3 is 0 Å². The van der Waals surface area contributed by atoms with Crippen LogP contribution in [0.4, 0.5) is 0 Å². The molecule has 25 heavy (non-hydrogen) atoms. The fourth-order valence-electron chi connectivity index (χ4n) is 2.75. The number of fused-ring (bicyclic) bond motifs is 1. The largest absolute Gasteiger partial charge is 0.390 e. The van der Waals surface area contributed by atoms with Crippen molar-refractivity contribution in [2.45, 2.75) is 18.6 Å². The zero-order valence-electron chi connectivity index (χ0n) is 13.5. The summed E-state index contributed by atoms with van der Waals surface area (Å²) in [5.74, 6) is -1.28. The third-order valence-corrected chi connectivity index (χ3v) is 4.04. The van der Waals surface area contributed by atoms with E-state index in [4.69, 9.17) is 5.73 Å². The second-order valence-electron chi connectivity index (χ2n) is 5.88. The van der Waals surface area contributed by atoms with E-state index in [1.165, 1.54) is 0 Å². The van der Waals surface area contributed by atoms with Gasteiger partial charge in [-0.15, -0.1) is 0 Å². The zero-order chi connectivity index (χ0) is 17.8. The van der Waals surface area contributed by atoms with Crippen LogP contribution in [0, 0.1) is 0 Å². The Morgan fingerprint density at radius 1 is 1.08 bits per heavy atom. The molecule has 1 heterocycles. The Kier molecular flexibility index (Phi) is 4.81. The van der Waals surface area contributed by atoms with Crippen molar-refractivity contribution in [1.29, 1.82) is 0 Å². The van der Waals surface area contributed by atoms with Crippen molar-refractivity contribution in [1.82, 2.24) is 10.3 Å². The molecule has 3 rings (SSSR count). The van der Waals surface area contributed by atoms with E-state index in [0.29, 0.717) is 5.69 Å². The summed E-state index contributed by atoms with van der Waals surface area (Å²) in [6, 6.07) is 17.2. The van der Waals surface area contributed by atoms with Gasteiger partial charge in [0.2, 0.25) is 5.91 Å². The number of para-hydroxylation sites is 1. The summed E-state index contributed by atoms with van der Waals surface area (Å²) in [6.45, 7) is 0. The van der Waals surface area contributed by atoms with E-state index in [0.717, 1.165) is 16.5 Å². The predicted molar refractivity (Wildman–Crippen MR) is 94.9 cm³/mol. The minimum Gasteiger partial charge on any atom is -0.390 e. The molecule has 2 aromatic carbocycles. The van der Waals surface area contributed by atoms with E-state index in [2.05, 4.69) is 10.3 Å². The number of benzene rings is 2. The van der Waals surface area contributed by atoms with Crippen LogP contribution in [0.25, 0.3) is 10.9 Å². The van der Waals surface area contributed by atoms with Crippen LogP contribution in [-0.4, -0.2) is 34.1 Å². The molecule has 128 valence electrons. The number of aliphatic hydroxyl groups excluding tert-OH is 1. The molecule has 5 N–H and O–H groups in total. The average molecular weight is 337 g/mol. The molecule has 0 saturated heterocycles. The van der Waals surface area contributed by atoms with Crippen LogP contribution >= 0.6 is 0 Å². The number of aromatic amines is 1. The van der Waals surface area contributed by atoms with Crippen LogP contribution in [0.2, 0.25) is 0 Å². The van der Waals surface area contributed by atoms with Crippen molar-refractivity contribution in [3.8, 4) is 0 Å². The van der Waals surface area contributed by atoms with Crippen LogP contribution in [0.5, 0.6) is 0 Å². The molecule has 3 aromatic rings. The number of nitrogens with one attached hydrogen (secondary N) is 2. The maximum absolute atomic E-state index is 12.4.